The zero-order valence-corrected chi connectivity index (χ0v) is 15.6. The highest BCUT2D eigenvalue weighted by Gasteiger charge is 2.24. The highest BCUT2D eigenvalue weighted by molar-refractivity contribution is 8.03. The van der Waals surface area contributed by atoms with Crippen molar-refractivity contribution >= 4 is 57.6 Å². The van der Waals surface area contributed by atoms with E-state index >= 15 is 0 Å². The molecule has 0 spiro atoms. The molecule has 5 heteroatoms. The maximum absolute atomic E-state index is 6.17. The summed E-state index contributed by atoms with van der Waals surface area (Å²) in [6.45, 7) is 0. The maximum Gasteiger partial charge on any atom is 0.212 e. The van der Waals surface area contributed by atoms with E-state index in [1.165, 1.54) is 16.5 Å². The Kier molecular flexibility index (Phi) is 3.95. The second kappa shape index (κ2) is 5.99. The van der Waals surface area contributed by atoms with E-state index in [0.717, 1.165) is 15.6 Å². The quantitative estimate of drug-likeness (QED) is 0.519. The second-order valence-electron chi connectivity index (χ2n) is 5.78. The summed E-state index contributed by atoms with van der Waals surface area (Å²) in [4.78, 5) is 3.29. The SMILES string of the molecule is CN1/C(=C/c2cc[n+](C)c3ccccc23)Sc2cc(Cl)c(Cl)cc21. The van der Waals surface area contributed by atoms with E-state index in [2.05, 4.69) is 66.2 Å². The van der Waals surface area contributed by atoms with Crippen molar-refractivity contribution in [3.8, 4) is 0 Å². The number of fused-ring (bicyclic) bond motifs is 2. The van der Waals surface area contributed by atoms with Crippen LogP contribution in [0.3, 0.4) is 0 Å². The summed E-state index contributed by atoms with van der Waals surface area (Å²) in [7, 11) is 4.12. The van der Waals surface area contributed by atoms with Crippen LogP contribution in [0.2, 0.25) is 10.0 Å². The highest BCUT2D eigenvalue weighted by atomic mass is 35.5. The lowest BCUT2D eigenvalue weighted by Gasteiger charge is -2.14. The number of hydrogen-bond acceptors (Lipinski definition) is 2. The van der Waals surface area contributed by atoms with Gasteiger partial charge in [0, 0.05) is 24.1 Å². The van der Waals surface area contributed by atoms with Crippen molar-refractivity contribution in [1.82, 2.24) is 0 Å². The van der Waals surface area contributed by atoms with E-state index < -0.39 is 0 Å². The maximum atomic E-state index is 6.17. The third-order valence-corrected chi connectivity index (χ3v) is 6.13. The van der Waals surface area contributed by atoms with E-state index in [4.69, 9.17) is 23.2 Å². The van der Waals surface area contributed by atoms with Crippen molar-refractivity contribution < 1.29 is 4.57 Å². The van der Waals surface area contributed by atoms with Crippen LogP contribution in [-0.4, -0.2) is 7.05 Å². The largest absolute Gasteiger partial charge is 0.338 e. The van der Waals surface area contributed by atoms with Gasteiger partial charge in [0.05, 0.1) is 26.1 Å². The number of rotatable bonds is 1. The van der Waals surface area contributed by atoms with Gasteiger partial charge in [-0.2, -0.15) is 0 Å². The number of benzene rings is 2. The van der Waals surface area contributed by atoms with E-state index in [9.17, 15) is 0 Å². The number of para-hydroxylation sites is 1. The van der Waals surface area contributed by atoms with E-state index in [1.54, 1.807) is 11.8 Å². The summed E-state index contributed by atoms with van der Waals surface area (Å²) in [5.74, 6) is 0. The van der Waals surface area contributed by atoms with Crippen LogP contribution in [0.1, 0.15) is 5.56 Å². The van der Waals surface area contributed by atoms with Crippen molar-refractivity contribution in [1.29, 1.82) is 0 Å². The fourth-order valence-electron chi connectivity index (χ4n) is 2.93. The van der Waals surface area contributed by atoms with Gasteiger partial charge < -0.3 is 4.90 Å². The van der Waals surface area contributed by atoms with Crippen molar-refractivity contribution in [2.45, 2.75) is 4.90 Å². The topological polar surface area (TPSA) is 7.12 Å². The predicted molar refractivity (Wildman–Crippen MR) is 104 cm³/mol. The van der Waals surface area contributed by atoms with Crippen LogP contribution in [0.25, 0.3) is 17.0 Å². The lowest BCUT2D eigenvalue weighted by Crippen LogP contribution is -2.28. The molecule has 0 radical (unpaired) electrons. The average molecular weight is 374 g/mol. The molecule has 0 saturated heterocycles. The monoisotopic (exact) mass is 373 g/mol. The Hall–Kier alpha value is -1.68. The van der Waals surface area contributed by atoms with E-state index in [-0.39, 0.29) is 0 Å². The number of halogens is 2. The fourth-order valence-corrected chi connectivity index (χ4v) is 4.44. The molecule has 2 nitrogen and oxygen atoms in total. The zero-order chi connectivity index (χ0) is 16.8. The molecule has 0 aliphatic carbocycles. The summed E-state index contributed by atoms with van der Waals surface area (Å²) in [5, 5.41) is 3.56. The zero-order valence-electron chi connectivity index (χ0n) is 13.3. The minimum atomic E-state index is 0.585. The molecule has 2 heterocycles. The summed E-state index contributed by atoms with van der Waals surface area (Å²) < 4.78 is 2.14. The van der Waals surface area contributed by atoms with Gasteiger partial charge in [-0.1, -0.05) is 47.1 Å². The Morgan fingerprint density at radius 3 is 2.67 bits per heavy atom. The molecule has 3 aromatic rings. The van der Waals surface area contributed by atoms with Gasteiger partial charge in [-0.15, -0.1) is 0 Å². The minimum Gasteiger partial charge on any atom is -0.338 e. The van der Waals surface area contributed by atoms with Crippen LogP contribution in [0.15, 0.2) is 58.6 Å². The van der Waals surface area contributed by atoms with Gasteiger partial charge in [-0.3, -0.25) is 0 Å². The summed E-state index contributed by atoms with van der Waals surface area (Å²) in [5.41, 5.74) is 3.50. The molecule has 0 amide bonds. The van der Waals surface area contributed by atoms with Gasteiger partial charge >= 0.3 is 0 Å². The van der Waals surface area contributed by atoms with Gasteiger partial charge in [-0.05, 0) is 29.8 Å². The second-order valence-corrected chi connectivity index (χ2v) is 7.65. The Labute approximate surface area is 155 Å². The Morgan fingerprint density at radius 1 is 1.08 bits per heavy atom. The fraction of sp³-hybridized carbons (Fsp3) is 0.105. The van der Waals surface area contributed by atoms with Crippen molar-refractivity contribution in [3.05, 3.63) is 69.3 Å². The van der Waals surface area contributed by atoms with Crippen molar-refractivity contribution in [2.75, 3.05) is 11.9 Å². The normalized spacial score (nSPS) is 15.3. The van der Waals surface area contributed by atoms with Crippen LogP contribution in [0.4, 0.5) is 5.69 Å². The number of nitrogens with zero attached hydrogens (tertiary/aromatic N) is 2. The third kappa shape index (κ3) is 2.57. The molecule has 1 aromatic heterocycles. The number of anilines is 1. The minimum absolute atomic E-state index is 0.585. The van der Waals surface area contributed by atoms with Crippen molar-refractivity contribution in [3.63, 3.8) is 0 Å². The highest BCUT2D eigenvalue weighted by Crippen LogP contribution is 2.48. The van der Waals surface area contributed by atoms with Crippen LogP contribution >= 0.6 is 35.0 Å². The molecule has 24 heavy (non-hydrogen) atoms. The molecule has 0 unspecified atom stereocenters. The number of pyridine rings is 1. The third-order valence-electron chi connectivity index (χ3n) is 4.26. The van der Waals surface area contributed by atoms with E-state index in [1.807, 2.05) is 12.1 Å². The summed E-state index contributed by atoms with van der Waals surface area (Å²) in [6.07, 6.45) is 4.31. The molecule has 0 bridgehead atoms. The Balaban J connectivity index is 1.82. The molecule has 0 saturated carbocycles. The number of thioether (sulfide) groups is 1. The summed E-state index contributed by atoms with van der Waals surface area (Å²) in [6, 6.07) is 14.4. The molecule has 1 aliphatic heterocycles. The number of aromatic nitrogens is 1. The van der Waals surface area contributed by atoms with Gasteiger partial charge in [0.15, 0.2) is 6.20 Å². The first-order valence-corrected chi connectivity index (χ1v) is 9.11. The molecule has 120 valence electrons. The molecule has 4 rings (SSSR count). The molecule has 0 atom stereocenters. The lowest BCUT2D eigenvalue weighted by molar-refractivity contribution is -0.644. The van der Waals surface area contributed by atoms with Gasteiger partial charge in [0.1, 0.15) is 7.05 Å². The van der Waals surface area contributed by atoms with Crippen LogP contribution < -0.4 is 9.47 Å². The Bertz CT molecular complexity index is 998. The Morgan fingerprint density at radius 2 is 1.83 bits per heavy atom. The van der Waals surface area contributed by atoms with Gasteiger partial charge in [0.25, 0.3) is 0 Å². The van der Waals surface area contributed by atoms with Crippen LogP contribution in [0, 0.1) is 0 Å². The summed E-state index contributed by atoms with van der Waals surface area (Å²) >= 11 is 14.0. The first kappa shape index (κ1) is 15.8. The lowest BCUT2D eigenvalue weighted by atomic mass is 10.1. The first-order valence-electron chi connectivity index (χ1n) is 7.54. The molecular formula is C19H15Cl2N2S+. The van der Waals surface area contributed by atoms with Crippen LogP contribution in [-0.2, 0) is 7.05 Å². The molecule has 0 N–H and O–H groups in total. The molecule has 0 fully saturated rings. The standard InChI is InChI=1S/C19H15Cl2N2S/c1-22-8-7-12(13-5-3-4-6-16(13)22)9-19-23(2)17-10-14(20)15(21)11-18(17)24-19/h3-11H,1-2H3/q+1. The van der Waals surface area contributed by atoms with Gasteiger partial charge in [0.2, 0.25) is 5.52 Å². The molecule has 2 aromatic carbocycles. The average Bonchev–Trinajstić information content (AvgIpc) is 2.87. The number of hydrogen-bond donors (Lipinski definition) is 0. The van der Waals surface area contributed by atoms with E-state index in [0.29, 0.717) is 10.0 Å². The van der Waals surface area contributed by atoms with Gasteiger partial charge in [-0.25, -0.2) is 4.57 Å². The molecule has 1 aliphatic rings. The number of aryl methyl sites for hydroxylation is 1. The first-order chi connectivity index (χ1) is 11.5. The van der Waals surface area contributed by atoms with Crippen LogP contribution in [0.5, 0.6) is 0 Å². The smallest absolute Gasteiger partial charge is 0.212 e. The molecular weight excluding hydrogens is 359 g/mol. The predicted octanol–water partition coefficient (Wildman–Crippen LogP) is 5.51. The van der Waals surface area contributed by atoms with Crippen molar-refractivity contribution in [2.24, 2.45) is 7.05 Å².